The zero-order valence-electron chi connectivity index (χ0n) is 17.9. The second kappa shape index (κ2) is 9.93. The summed E-state index contributed by atoms with van der Waals surface area (Å²) in [6, 6.07) is 7.16. The fourth-order valence-corrected chi connectivity index (χ4v) is 4.16. The molecule has 1 fully saturated rings. The summed E-state index contributed by atoms with van der Waals surface area (Å²) in [5.74, 6) is 1.20. The zero-order valence-corrected chi connectivity index (χ0v) is 19.5. The van der Waals surface area contributed by atoms with Crippen LogP contribution in [0.4, 0.5) is 11.5 Å². The molecule has 8 nitrogen and oxygen atoms in total. The quantitative estimate of drug-likeness (QED) is 0.222. The van der Waals surface area contributed by atoms with Gasteiger partial charge >= 0.3 is 0 Å². The van der Waals surface area contributed by atoms with Gasteiger partial charge in [0, 0.05) is 47.6 Å². The van der Waals surface area contributed by atoms with E-state index in [9.17, 15) is 0 Å². The number of benzene rings is 1. The third-order valence-electron chi connectivity index (χ3n) is 5.37. The number of aryl methyl sites for hydroxylation is 1. The predicted octanol–water partition coefficient (Wildman–Crippen LogP) is 4.33. The first-order chi connectivity index (χ1) is 15.8. The van der Waals surface area contributed by atoms with Gasteiger partial charge < -0.3 is 20.5 Å². The molecule has 0 aliphatic carbocycles. The van der Waals surface area contributed by atoms with Gasteiger partial charge in [0.25, 0.3) is 0 Å². The number of hydrogen-bond donors (Lipinski definition) is 4. The summed E-state index contributed by atoms with van der Waals surface area (Å²) in [6.45, 7) is 3.37. The molecule has 0 bridgehead atoms. The molecule has 0 amide bonds. The molecule has 4 rings (SSSR count). The fraction of sp³-hybridized carbons (Fsp3) is 0.261. The van der Waals surface area contributed by atoms with Gasteiger partial charge in [0.1, 0.15) is 11.6 Å². The minimum Gasteiger partial charge on any atom is -0.471 e. The maximum atomic E-state index is 8.72. The molecule has 0 saturated carbocycles. The highest BCUT2D eigenvalue weighted by Gasteiger charge is 2.19. The van der Waals surface area contributed by atoms with Crippen LogP contribution in [-0.2, 0) is 4.74 Å². The van der Waals surface area contributed by atoms with E-state index in [1.165, 1.54) is 12.4 Å². The van der Waals surface area contributed by atoms with E-state index < -0.39 is 6.23 Å². The fourth-order valence-electron chi connectivity index (χ4n) is 3.58. The number of rotatable bonds is 7. The van der Waals surface area contributed by atoms with E-state index >= 15 is 0 Å². The molecule has 172 valence electrons. The number of pyridine rings is 2. The van der Waals surface area contributed by atoms with Crippen molar-refractivity contribution in [1.29, 1.82) is 5.41 Å². The number of hydrogen-bond acceptors (Lipinski definition) is 8. The third-order valence-corrected chi connectivity index (χ3v) is 5.97. The van der Waals surface area contributed by atoms with E-state index in [2.05, 4.69) is 15.3 Å². The van der Waals surface area contributed by atoms with Crippen molar-refractivity contribution in [3.8, 4) is 5.75 Å². The Kier molecular flexibility index (Phi) is 6.99. The van der Waals surface area contributed by atoms with Crippen molar-refractivity contribution >= 4 is 40.4 Å². The summed E-state index contributed by atoms with van der Waals surface area (Å²) >= 11 is 12.4. The second-order valence-electron chi connectivity index (χ2n) is 7.77. The Morgan fingerprint density at radius 2 is 2.00 bits per heavy atom. The number of nitrogens with zero attached hydrogens (tertiary/aromatic N) is 2. The van der Waals surface area contributed by atoms with Crippen LogP contribution in [0.1, 0.15) is 34.9 Å². The standard InChI is InChI=1S/C23H24Cl2N6O2/c1-12-6-13(8-30-23(12)31-14-4-5-32-11-14)21(27)16-7-15(2-3-19(16)26)33-22(28)20-17(24)9-29-10-18(20)25/h2-3,6-10,14,22,27H,4-5,11,26,28H2,1H3,(H,30,31)/t14-,22-/m0/s1. The summed E-state index contributed by atoms with van der Waals surface area (Å²) < 4.78 is 11.3. The molecule has 3 aromatic rings. The number of halogens is 2. The van der Waals surface area contributed by atoms with Gasteiger partial charge in [0.2, 0.25) is 0 Å². The van der Waals surface area contributed by atoms with E-state index in [1.54, 1.807) is 24.4 Å². The normalized spacial score (nSPS) is 16.4. The van der Waals surface area contributed by atoms with E-state index in [0.29, 0.717) is 44.8 Å². The molecule has 1 aromatic carbocycles. The lowest BCUT2D eigenvalue weighted by Crippen LogP contribution is -2.20. The molecular formula is C23H24Cl2N6O2. The van der Waals surface area contributed by atoms with E-state index in [4.69, 9.17) is 49.6 Å². The second-order valence-corrected chi connectivity index (χ2v) is 8.59. The van der Waals surface area contributed by atoms with Gasteiger partial charge in [-0.1, -0.05) is 23.2 Å². The molecule has 0 radical (unpaired) electrons. The molecular weight excluding hydrogens is 463 g/mol. The lowest BCUT2D eigenvalue weighted by Gasteiger charge is -2.18. The van der Waals surface area contributed by atoms with Gasteiger partial charge in [0.05, 0.1) is 28.4 Å². The number of nitrogens with two attached hydrogens (primary N) is 2. The van der Waals surface area contributed by atoms with Crippen LogP contribution in [0, 0.1) is 12.3 Å². The average Bonchev–Trinajstić information content (AvgIpc) is 3.29. The Hall–Kier alpha value is -2.91. The summed E-state index contributed by atoms with van der Waals surface area (Å²) in [5.41, 5.74) is 15.5. The number of anilines is 2. The molecule has 6 N–H and O–H groups in total. The summed E-state index contributed by atoms with van der Waals surface area (Å²) in [7, 11) is 0. The van der Waals surface area contributed by atoms with Gasteiger partial charge in [-0.15, -0.1) is 0 Å². The first-order valence-corrected chi connectivity index (χ1v) is 11.1. The van der Waals surface area contributed by atoms with Crippen molar-refractivity contribution in [2.24, 2.45) is 5.73 Å². The van der Waals surface area contributed by atoms with E-state index in [1.807, 2.05) is 13.0 Å². The molecule has 3 heterocycles. The average molecular weight is 487 g/mol. The highest BCUT2D eigenvalue weighted by Crippen LogP contribution is 2.31. The molecule has 2 atom stereocenters. The summed E-state index contributed by atoms with van der Waals surface area (Å²) in [6.07, 6.45) is 4.57. The number of ether oxygens (including phenoxy) is 2. The Balaban J connectivity index is 1.54. The molecule has 1 saturated heterocycles. The van der Waals surface area contributed by atoms with Gasteiger partial charge in [-0.3, -0.25) is 16.1 Å². The number of nitrogens with one attached hydrogen (secondary N) is 2. The minimum atomic E-state index is -0.924. The first kappa shape index (κ1) is 23.3. The van der Waals surface area contributed by atoms with Crippen molar-refractivity contribution in [2.45, 2.75) is 25.6 Å². The SMILES string of the molecule is Cc1cc(C(=N)c2cc(O[C@H](N)c3c(Cl)cncc3Cl)ccc2N)cnc1N[C@H]1CCOC1. The predicted molar refractivity (Wildman–Crippen MR) is 130 cm³/mol. The van der Waals surface area contributed by atoms with Crippen LogP contribution < -0.4 is 21.5 Å². The van der Waals surface area contributed by atoms with Crippen LogP contribution in [0.25, 0.3) is 0 Å². The van der Waals surface area contributed by atoms with Crippen LogP contribution in [-0.4, -0.2) is 34.9 Å². The molecule has 10 heteroatoms. The first-order valence-electron chi connectivity index (χ1n) is 10.3. The Labute approximate surface area is 201 Å². The van der Waals surface area contributed by atoms with Gasteiger partial charge in [-0.2, -0.15) is 0 Å². The molecule has 0 unspecified atom stereocenters. The lowest BCUT2D eigenvalue weighted by atomic mass is 10.0. The highest BCUT2D eigenvalue weighted by atomic mass is 35.5. The Morgan fingerprint density at radius 1 is 1.24 bits per heavy atom. The van der Waals surface area contributed by atoms with Crippen LogP contribution in [0.5, 0.6) is 5.75 Å². The van der Waals surface area contributed by atoms with Crippen LogP contribution >= 0.6 is 23.2 Å². The third kappa shape index (κ3) is 5.20. The number of aromatic nitrogens is 2. The summed E-state index contributed by atoms with van der Waals surface area (Å²) in [4.78, 5) is 8.43. The van der Waals surface area contributed by atoms with E-state index in [0.717, 1.165) is 24.4 Å². The maximum Gasteiger partial charge on any atom is 0.177 e. The lowest BCUT2D eigenvalue weighted by molar-refractivity contribution is 0.195. The van der Waals surface area contributed by atoms with Crippen molar-refractivity contribution < 1.29 is 9.47 Å². The van der Waals surface area contributed by atoms with Gasteiger partial charge in [-0.05, 0) is 43.2 Å². The molecule has 1 aliphatic heterocycles. The largest absolute Gasteiger partial charge is 0.471 e. The smallest absolute Gasteiger partial charge is 0.177 e. The van der Waals surface area contributed by atoms with Crippen molar-refractivity contribution in [2.75, 3.05) is 24.3 Å². The van der Waals surface area contributed by atoms with E-state index in [-0.39, 0.29) is 11.8 Å². The molecule has 2 aromatic heterocycles. The van der Waals surface area contributed by atoms with Crippen molar-refractivity contribution in [1.82, 2.24) is 9.97 Å². The topological polar surface area (TPSA) is 132 Å². The monoisotopic (exact) mass is 486 g/mol. The van der Waals surface area contributed by atoms with Crippen molar-refractivity contribution in [3.63, 3.8) is 0 Å². The van der Waals surface area contributed by atoms with Crippen molar-refractivity contribution in [3.05, 3.63) is 75.2 Å². The van der Waals surface area contributed by atoms with Crippen LogP contribution in [0.3, 0.4) is 0 Å². The highest BCUT2D eigenvalue weighted by molar-refractivity contribution is 6.35. The Bertz CT molecular complexity index is 1160. The van der Waals surface area contributed by atoms with Gasteiger partial charge in [0.15, 0.2) is 6.23 Å². The maximum absolute atomic E-state index is 8.72. The minimum absolute atomic E-state index is 0.220. The number of nitrogen functional groups attached to an aromatic ring is 1. The molecule has 1 aliphatic rings. The van der Waals surface area contributed by atoms with Crippen LogP contribution in [0.2, 0.25) is 10.0 Å². The molecule has 0 spiro atoms. The summed E-state index contributed by atoms with van der Waals surface area (Å²) in [5, 5.41) is 12.7. The molecule has 33 heavy (non-hydrogen) atoms. The zero-order chi connectivity index (χ0) is 23.5. The Morgan fingerprint density at radius 3 is 2.67 bits per heavy atom. The van der Waals surface area contributed by atoms with Crippen LogP contribution in [0.15, 0.2) is 42.9 Å². The van der Waals surface area contributed by atoms with Gasteiger partial charge in [-0.25, -0.2) is 4.98 Å².